The predicted molar refractivity (Wildman–Crippen MR) is 39.9 cm³/mol. The van der Waals surface area contributed by atoms with Crippen molar-refractivity contribution < 1.29 is 9.13 Å². The lowest BCUT2D eigenvalue weighted by Crippen LogP contribution is -1.99. The molecular weight excluding hydrogens is 147 g/mol. The quantitative estimate of drug-likeness (QED) is 0.662. The number of hydrogen-bond donors (Lipinski definition) is 1. The van der Waals surface area contributed by atoms with Crippen LogP contribution < -0.4 is 10.5 Å². The molecule has 0 amide bonds. The van der Waals surface area contributed by atoms with E-state index >= 15 is 0 Å². The number of nitrogens with zero attached hydrogens (tertiary/aromatic N) is 1. The molecule has 11 heavy (non-hydrogen) atoms. The first-order valence-corrected chi connectivity index (χ1v) is 3.11. The number of halogens is 1. The fraction of sp³-hybridized carbons (Fsp3) is 0.286. The number of rotatable bonds is 1. The fourth-order valence-corrected chi connectivity index (χ4v) is 0.788. The Labute approximate surface area is 64.0 Å². The minimum atomic E-state index is -0.510. The van der Waals surface area contributed by atoms with Gasteiger partial charge in [0.1, 0.15) is 5.75 Å². The first kappa shape index (κ1) is 7.78. The van der Waals surface area contributed by atoms with E-state index in [1.54, 1.807) is 6.92 Å². The number of hydrogen-bond acceptors (Lipinski definition) is 3. The molecule has 0 bridgehead atoms. The van der Waals surface area contributed by atoms with Crippen LogP contribution >= 0.6 is 0 Å². The van der Waals surface area contributed by atoms with Gasteiger partial charge in [0, 0.05) is 5.56 Å². The van der Waals surface area contributed by atoms with Gasteiger partial charge in [-0.2, -0.15) is 0 Å². The normalized spacial score (nSPS) is 9.73. The first-order valence-electron chi connectivity index (χ1n) is 3.11. The Bertz CT molecular complexity index is 275. The maximum Gasteiger partial charge on any atom is 0.171 e. The van der Waals surface area contributed by atoms with Crippen LogP contribution in [0.4, 0.5) is 10.2 Å². The molecule has 2 N–H and O–H groups in total. The van der Waals surface area contributed by atoms with E-state index < -0.39 is 5.82 Å². The summed E-state index contributed by atoms with van der Waals surface area (Å²) in [6, 6.07) is 0. The third kappa shape index (κ3) is 1.24. The number of ether oxygens (including phenoxy) is 1. The molecule has 1 aromatic heterocycles. The van der Waals surface area contributed by atoms with Crippen molar-refractivity contribution >= 4 is 5.82 Å². The zero-order valence-corrected chi connectivity index (χ0v) is 6.39. The van der Waals surface area contributed by atoms with Crippen LogP contribution in [0.25, 0.3) is 0 Å². The number of nitrogens with two attached hydrogens (primary N) is 1. The van der Waals surface area contributed by atoms with Crippen LogP contribution in [-0.2, 0) is 0 Å². The SMILES string of the molecule is COc1cnc(N)c(F)c1C. The average Bonchev–Trinajstić information content (AvgIpc) is 2.01. The maximum atomic E-state index is 12.9. The lowest BCUT2D eigenvalue weighted by atomic mass is 10.2. The van der Waals surface area contributed by atoms with E-state index in [-0.39, 0.29) is 5.82 Å². The largest absolute Gasteiger partial charge is 0.495 e. The first-order chi connectivity index (χ1) is 5.16. The molecule has 1 rings (SSSR count). The van der Waals surface area contributed by atoms with Gasteiger partial charge in [-0.15, -0.1) is 0 Å². The monoisotopic (exact) mass is 156 g/mol. The molecule has 1 heterocycles. The van der Waals surface area contributed by atoms with Crippen LogP contribution in [0.3, 0.4) is 0 Å². The van der Waals surface area contributed by atoms with E-state index in [1.807, 2.05) is 0 Å². The molecule has 0 unspecified atom stereocenters. The van der Waals surface area contributed by atoms with E-state index in [1.165, 1.54) is 13.3 Å². The van der Waals surface area contributed by atoms with Gasteiger partial charge < -0.3 is 10.5 Å². The van der Waals surface area contributed by atoms with E-state index in [4.69, 9.17) is 10.5 Å². The Morgan fingerprint density at radius 2 is 2.27 bits per heavy atom. The summed E-state index contributed by atoms with van der Waals surface area (Å²) in [6.07, 6.45) is 1.40. The zero-order valence-electron chi connectivity index (χ0n) is 6.39. The summed E-state index contributed by atoms with van der Waals surface area (Å²) in [6.45, 7) is 1.59. The summed E-state index contributed by atoms with van der Waals surface area (Å²) in [4.78, 5) is 3.59. The third-order valence-electron chi connectivity index (χ3n) is 1.46. The molecule has 0 radical (unpaired) electrons. The second-order valence-electron chi connectivity index (χ2n) is 2.15. The Morgan fingerprint density at radius 3 is 2.82 bits per heavy atom. The summed E-state index contributed by atoms with van der Waals surface area (Å²) >= 11 is 0. The lowest BCUT2D eigenvalue weighted by Gasteiger charge is -2.04. The topological polar surface area (TPSA) is 48.1 Å². The summed E-state index contributed by atoms with van der Waals surface area (Å²) in [5.74, 6) is -0.190. The Balaban J connectivity index is 3.25. The molecule has 0 spiro atoms. The molecule has 0 atom stereocenters. The second-order valence-corrected chi connectivity index (χ2v) is 2.15. The van der Waals surface area contributed by atoms with Crippen molar-refractivity contribution in [1.82, 2.24) is 4.98 Å². The maximum absolute atomic E-state index is 12.9. The summed E-state index contributed by atoms with van der Waals surface area (Å²) in [5, 5.41) is 0. The van der Waals surface area contributed by atoms with Crippen molar-refractivity contribution in [1.29, 1.82) is 0 Å². The molecule has 0 fully saturated rings. The van der Waals surface area contributed by atoms with E-state index in [2.05, 4.69) is 4.98 Å². The van der Waals surface area contributed by atoms with Gasteiger partial charge in [-0.1, -0.05) is 0 Å². The van der Waals surface area contributed by atoms with E-state index in [9.17, 15) is 4.39 Å². The van der Waals surface area contributed by atoms with Crippen molar-refractivity contribution in [3.05, 3.63) is 17.6 Å². The molecule has 60 valence electrons. The predicted octanol–water partition coefficient (Wildman–Crippen LogP) is 1.12. The van der Waals surface area contributed by atoms with Crippen LogP contribution in [0.2, 0.25) is 0 Å². The standard InChI is InChI=1S/C7H9FN2O/c1-4-5(11-2)3-10-7(9)6(4)8/h3H,1-2H3,(H2,9,10). The smallest absolute Gasteiger partial charge is 0.171 e. The second kappa shape index (κ2) is 2.74. The Morgan fingerprint density at radius 1 is 1.64 bits per heavy atom. The van der Waals surface area contributed by atoms with Gasteiger partial charge in [0.2, 0.25) is 0 Å². The highest BCUT2D eigenvalue weighted by Gasteiger charge is 2.07. The van der Waals surface area contributed by atoms with Gasteiger partial charge in [-0.25, -0.2) is 9.37 Å². The van der Waals surface area contributed by atoms with Crippen molar-refractivity contribution in [3.63, 3.8) is 0 Å². The summed E-state index contributed by atoms with van der Waals surface area (Å²) < 4.78 is 17.7. The van der Waals surface area contributed by atoms with Crippen molar-refractivity contribution in [2.75, 3.05) is 12.8 Å². The molecular formula is C7H9FN2O. The minimum absolute atomic E-state index is 0.0942. The molecule has 0 aromatic carbocycles. The Kier molecular flexibility index (Phi) is 1.94. The molecule has 3 nitrogen and oxygen atoms in total. The third-order valence-corrected chi connectivity index (χ3v) is 1.46. The Hall–Kier alpha value is -1.32. The summed E-state index contributed by atoms with van der Waals surface area (Å²) in [5.41, 5.74) is 5.59. The highest BCUT2D eigenvalue weighted by Crippen LogP contribution is 2.21. The minimum Gasteiger partial charge on any atom is -0.495 e. The van der Waals surface area contributed by atoms with Gasteiger partial charge in [-0.3, -0.25) is 0 Å². The molecule has 0 saturated heterocycles. The van der Waals surface area contributed by atoms with E-state index in [0.717, 1.165) is 0 Å². The molecule has 0 aliphatic heterocycles. The highest BCUT2D eigenvalue weighted by atomic mass is 19.1. The van der Waals surface area contributed by atoms with Gasteiger partial charge in [0.05, 0.1) is 13.3 Å². The average molecular weight is 156 g/mol. The van der Waals surface area contributed by atoms with Gasteiger partial charge in [-0.05, 0) is 6.92 Å². The van der Waals surface area contributed by atoms with Crippen molar-refractivity contribution in [2.45, 2.75) is 6.92 Å². The van der Waals surface area contributed by atoms with Crippen molar-refractivity contribution in [3.8, 4) is 5.75 Å². The molecule has 0 aliphatic rings. The molecule has 0 aliphatic carbocycles. The van der Waals surface area contributed by atoms with Crippen molar-refractivity contribution in [2.24, 2.45) is 0 Å². The fourth-order valence-electron chi connectivity index (χ4n) is 0.788. The highest BCUT2D eigenvalue weighted by molar-refractivity contribution is 5.41. The molecule has 1 aromatic rings. The van der Waals surface area contributed by atoms with Gasteiger partial charge in [0.25, 0.3) is 0 Å². The number of aromatic nitrogens is 1. The number of pyridine rings is 1. The molecule has 4 heteroatoms. The van der Waals surface area contributed by atoms with Gasteiger partial charge in [0.15, 0.2) is 11.6 Å². The van der Waals surface area contributed by atoms with Crippen LogP contribution in [0.5, 0.6) is 5.75 Å². The molecule has 0 saturated carbocycles. The van der Waals surface area contributed by atoms with Crippen LogP contribution in [0.15, 0.2) is 6.20 Å². The number of anilines is 1. The summed E-state index contributed by atoms with van der Waals surface area (Å²) in [7, 11) is 1.46. The number of nitrogen functional groups attached to an aromatic ring is 1. The van der Waals surface area contributed by atoms with Crippen LogP contribution in [-0.4, -0.2) is 12.1 Å². The number of methoxy groups -OCH3 is 1. The van der Waals surface area contributed by atoms with Gasteiger partial charge >= 0.3 is 0 Å². The zero-order chi connectivity index (χ0) is 8.43. The lowest BCUT2D eigenvalue weighted by molar-refractivity contribution is 0.405. The van der Waals surface area contributed by atoms with E-state index in [0.29, 0.717) is 11.3 Å². The van der Waals surface area contributed by atoms with Crippen LogP contribution in [0, 0.1) is 12.7 Å². The van der Waals surface area contributed by atoms with Crippen LogP contribution in [0.1, 0.15) is 5.56 Å².